The molecule has 15 nitrogen and oxygen atoms in total. The fourth-order valence-electron chi connectivity index (χ4n) is 10.5. The molecule has 5 N–H and O–H groups in total. The number of phenols is 1. The van der Waals surface area contributed by atoms with Crippen molar-refractivity contribution in [1.29, 1.82) is 0 Å². The molecule has 0 radical (unpaired) electrons. The van der Waals surface area contributed by atoms with E-state index in [4.69, 9.17) is 28.4 Å². The Hall–Kier alpha value is -4.38. The van der Waals surface area contributed by atoms with Crippen molar-refractivity contribution in [1.82, 2.24) is 0 Å². The molecule has 2 spiro atoms. The first-order chi connectivity index (χ1) is 27.6. The Bertz CT molecular complexity index is 2170. The smallest absolute Gasteiger partial charge is 0.335 e. The van der Waals surface area contributed by atoms with Crippen LogP contribution in [0.1, 0.15) is 103 Å². The number of allylic oxidation sites excluding steroid dienone is 4. The minimum absolute atomic E-state index is 0.0592. The summed E-state index contributed by atoms with van der Waals surface area (Å²) in [7, 11) is 0. The molecule has 0 aromatic heterocycles. The molecule has 6 fully saturated rings. The lowest BCUT2D eigenvalue weighted by molar-refractivity contribution is -0.285. The highest BCUT2D eigenvalue weighted by Crippen LogP contribution is 2.77. The summed E-state index contributed by atoms with van der Waals surface area (Å²) < 4.78 is 37.8. The number of esters is 1. The topological polar surface area (TPSA) is 228 Å². The molecule has 3 aliphatic carbocycles. The number of phenolic OH excluding ortho intramolecular Hbond substituents is 1. The van der Waals surface area contributed by atoms with Crippen molar-refractivity contribution >= 4 is 29.6 Å². The lowest BCUT2D eigenvalue weighted by Crippen LogP contribution is -2.80. The maximum atomic E-state index is 15.3. The molecule has 0 unspecified atom stereocenters. The number of benzene rings is 1. The normalized spacial score (nSPS) is 39.1. The number of aliphatic hydroxyl groups is 3. The molecule has 8 aliphatic rings. The fraction of sp³-hybridized carbons (Fsp3) is 0.591. The van der Waals surface area contributed by atoms with Crippen molar-refractivity contribution in [2.24, 2.45) is 11.8 Å². The minimum Gasteiger partial charge on any atom is -0.506 e. The van der Waals surface area contributed by atoms with Crippen LogP contribution in [0.5, 0.6) is 17.2 Å². The van der Waals surface area contributed by atoms with Crippen LogP contribution >= 0.6 is 0 Å². The summed E-state index contributed by atoms with van der Waals surface area (Å²) in [5, 5.41) is 52.3. The van der Waals surface area contributed by atoms with Gasteiger partial charge in [-0.05, 0) is 93.2 Å². The number of carboxylic acid groups (broad SMARTS) is 1. The molecule has 15 heteroatoms. The maximum Gasteiger partial charge on any atom is 0.335 e. The number of fused-ring (bicyclic) bond motifs is 2. The molecule has 9 rings (SSSR count). The van der Waals surface area contributed by atoms with Gasteiger partial charge in [-0.25, -0.2) is 9.59 Å². The van der Waals surface area contributed by atoms with E-state index in [0.717, 1.165) is 12.0 Å². The van der Waals surface area contributed by atoms with Gasteiger partial charge in [0, 0.05) is 23.5 Å². The van der Waals surface area contributed by atoms with Gasteiger partial charge in [0.1, 0.15) is 52.8 Å². The third-order valence-electron chi connectivity index (χ3n) is 13.4. The van der Waals surface area contributed by atoms with Gasteiger partial charge in [-0.3, -0.25) is 9.59 Å². The van der Waals surface area contributed by atoms with Crippen LogP contribution in [0.25, 0.3) is 6.08 Å². The van der Waals surface area contributed by atoms with Crippen LogP contribution in [0.15, 0.2) is 41.0 Å². The largest absolute Gasteiger partial charge is 0.506 e. The number of Topliss-reactive ketones (excluding diaryl/α,β-unsaturated/α-hetero) is 2. The standard InChI is InChI=1S/C44H52O15/c1-19(2)10-9-15-41(8)16-14-22-27(45)26-32(23(31(22)56-41)12-11-20(3)4)57-44-25-18-24(36-43(44,58-36)35(26)50)34(49)42(44,59-40(25,6)7)17-13-21(5)38(53)55-39-30(48)28(46)29(47)33(54-39)37(51)52/h10-11,13-14,16,24-25,28-30,33,36,39,45-48H,9,12,15,17-18H2,1-8H3,(H,51,52)/b21-13-/t24-,25+,28+,29+,30-,33+,36+,39+,41-,42+,43+,44+/m1/s1. The van der Waals surface area contributed by atoms with Crippen molar-refractivity contribution in [3.8, 4) is 17.2 Å². The molecule has 1 aromatic rings. The van der Waals surface area contributed by atoms with Gasteiger partial charge in [-0.15, -0.1) is 0 Å². The monoisotopic (exact) mass is 820 g/mol. The summed E-state index contributed by atoms with van der Waals surface area (Å²) in [5.74, 6) is -4.85. The highest BCUT2D eigenvalue weighted by Gasteiger charge is 2.97. The predicted molar refractivity (Wildman–Crippen MR) is 207 cm³/mol. The molecule has 3 saturated heterocycles. The van der Waals surface area contributed by atoms with Gasteiger partial charge in [-0.2, -0.15) is 0 Å². The number of rotatable bonds is 10. The first-order valence-corrected chi connectivity index (χ1v) is 20.1. The Morgan fingerprint density at radius 2 is 1.63 bits per heavy atom. The average molecular weight is 821 g/mol. The molecule has 12 atom stereocenters. The van der Waals surface area contributed by atoms with Crippen LogP contribution in [0.4, 0.5) is 0 Å². The first kappa shape index (κ1) is 41.4. The molecule has 5 aliphatic heterocycles. The number of carbonyl (C=O) groups excluding carboxylic acids is 3. The van der Waals surface area contributed by atoms with E-state index in [0.29, 0.717) is 29.7 Å². The van der Waals surface area contributed by atoms with Crippen molar-refractivity contribution in [2.75, 3.05) is 0 Å². The number of hydrogen-bond acceptors (Lipinski definition) is 14. The summed E-state index contributed by atoms with van der Waals surface area (Å²) in [6.07, 6.45) is 0.0235. The second-order valence-corrected chi connectivity index (χ2v) is 18.3. The molecule has 1 aromatic carbocycles. The van der Waals surface area contributed by atoms with E-state index in [9.17, 15) is 39.9 Å². The zero-order valence-corrected chi connectivity index (χ0v) is 34.4. The highest BCUT2D eigenvalue weighted by atomic mass is 16.7. The minimum atomic E-state index is -2.00. The molecule has 3 saturated carbocycles. The zero-order valence-electron chi connectivity index (χ0n) is 34.4. The SMILES string of the molecule is CC(C)=CCC[C@]1(C)C=Cc2c(O)c3c(c(CC=C(C)C)c2O1)O[C@@]12[C@H]4C[C@H](C(=O)[C@]1(C/C=C(/C)C(=O)O[C@@H]1O[C@H](C(=O)O)[C@@H](O)[C@H](O)[C@H]1O)OC4(C)C)[C@@H]1O[C@@]12C3=O. The lowest BCUT2D eigenvalue weighted by Gasteiger charge is -2.58. The fourth-order valence-corrected chi connectivity index (χ4v) is 10.5. The third-order valence-corrected chi connectivity index (χ3v) is 13.4. The number of carbonyl (C=O) groups is 4. The van der Waals surface area contributed by atoms with Crippen molar-refractivity contribution < 1.29 is 73.1 Å². The molecule has 0 amide bonds. The quantitative estimate of drug-likeness (QED) is 0.0979. The number of epoxide rings is 1. The second-order valence-electron chi connectivity index (χ2n) is 18.3. The zero-order chi connectivity index (χ0) is 42.9. The van der Waals surface area contributed by atoms with E-state index in [1.807, 2.05) is 60.6 Å². The van der Waals surface area contributed by atoms with Crippen LogP contribution in [0.2, 0.25) is 0 Å². The average Bonchev–Trinajstić information content (AvgIpc) is 3.90. The Morgan fingerprint density at radius 1 is 0.932 bits per heavy atom. The van der Waals surface area contributed by atoms with Crippen molar-refractivity contribution in [3.05, 3.63) is 57.7 Å². The summed E-state index contributed by atoms with van der Waals surface area (Å²) in [6, 6.07) is 0. The molecular formula is C44H52O15. The molecule has 5 heterocycles. The van der Waals surface area contributed by atoms with Gasteiger partial charge >= 0.3 is 11.9 Å². The van der Waals surface area contributed by atoms with E-state index < -0.39 is 94.4 Å². The molecule has 59 heavy (non-hydrogen) atoms. The van der Waals surface area contributed by atoms with E-state index >= 15 is 4.79 Å². The Kier molecular flexibility index (Phi) is 9.51. The third kappa shape index (κ3) is 5.68. The molecular weight excluding hydrogens is 768 g/mol. The number of carboxylic acids is 1. The van der Waals surface area contributed by atoms with E-state index in [-0.39, 0.29) is 41.3 Å². The van der Waals surface area contributed by atoms with Gasteiger partial charge in [0.05, 0.1) is 17.1 Å². The molecule has 4 bridgehead atoms. The number of ketones is 2. The Morgan fingerprint density at radius 3 is 2.29 bits per heavy atom. The van der Waals surface area contributed by atoms with Gasteiger partial charge in [-0.1, -0.05) is 29.4 Å². The van der Waals surface area contributed by atoms with Crippen LogP contribution in [0.3, 0.4) is 0 Å². The predicted octanol–water partition coefficient (Wildman–Crippen LogP) is 3.80. The number of hydrogen-bond donors (Lipinski definition) is 5. The van der Waals surface area contributed by atoms with Crippen molar-refractivity contribution in [3.63, 3.8) is 0 Å². The summed E-state index contributed by atoms with van der Waals surface area (Å²) in [4.78, 5) is 55.3. The summed E-state index contributed by atoms with van der Waals surface area (Å²) in [6.45, 7) is 14.9. The van der Waals surface area contributed by atoms with E-state index in [2.05, 4.69) is 6.08 Å². The maximum absolute atomic E-state index is 15.3. The Labute approximate surface area is 341 Å². The first-order valence-electron chi connectivity index (χ1n) is 20.1. The number of aliphatic hydroxyl groups excluding tert-OH is 3. The highest BCUT2D eigenvalue weighted by molar-refractivity contribution is 6.16. The Balaban J connectivity index is 1.22. The van der Waals surface area contributed by atoms with Crippen LogP contribution in [0, 0.1) is 11.8 Å². The van der Waals surface area contributed by atoms with Crippen LogP contribution < -0.4 is 9.47 Å². The summed E-state index contributed by atoms with van der Waals surface area (Å²) in [5.41, 5.74) is -4.34. The number of aliphatic carboxylic acids is 1. The van der Waals surface area contributed by atoms with Crippen LogP contribution in [-0.2, 0) is 39.8 Å². The van der Waals surface area contributed by atoms with E-state index in [1.54, 1.807) is 6.08 Å². The number of ether oxygens (including phenoxy) is 6. The van der Waals surface area contributed by atoms with Crippen LogP contribution in [-0.4, -0.2) is 114 Å². The summed E-state index contributed by atoms with van der Waals surface area (Å²) >= 11 is 0. The number of aromatic hydroxyl groups is 1. The van der Waals surface area contributed by atoms with Gasteiger partial charge in [0.25, 0.3) is 0 Å². The van der Waals surface area contributed by atoms with Gasteiger partial charge in [0.2, 0.25) is 17.7 Å². The lowest BCUT2D eigenvalue weighted by atomic mass is 9.46. The van der Waals surface area contributed by atoms with Gasteiger partial charge < -0.3 is 54.0 Å². The van der Waals surface area contributed by atoms with Gasteiger partial charge in [0.15, 0.2) is 23.1 Å². The van der Waals surface area contributed by atoms with Crippen molar-refractivity contribution in [2.45, 2.75) is 152 Å². The second kappa shape index (κ2) is 13.6. The van der Waals surface area contributed by atoms with E-state index in [1.165, 1.54) is 18.6 Å². The molecule has 318 valence electrons.